The predicted octanol–water partition coefficient (Wildman–Crippen LogP) is 9.05. The highest BCUT2D eigenvalue weighted by Crippen LogP contribution is 2.42. The Morgan fingerprint density at radius 1 is 0.727 bits per heavy atom. The van der Waals surface area contributed by atoms with Crippen molar-refractivity contribution in [1.29, 1.82) is 0 Å². The fraction of sp³-hybridized carbons (Fsp3) is 0.514. The van der Waals surface area contributed by atoms with Crippen molar-refractivity contribution in [3.8, 4) is 0 Å². The lowest BCUT2D eigenvalue weighted by molar-refractivity contribution is -0.00270. The van der Waals surface area contributed by atoms with Crippen LogP contribution < -0.4 is 4.72 Å². The van der Waals surface area contributed by atoms with Crippen LogP contribution in [0.5, 0.6) is 0 Å². The lowest BCUT2D eigenvalue weighted by Crippen LogP contribution is -2.60. The first kappa shape index (κ1) is 36.2. The normalized spacial score (nSPS) is 14.8. The topological polar surface area (TPSA) is 75.6 Å². The highest BCUT2D eigenvalue weighted by atomic mass is 32.2. The highest BCUT2D eigenvalue weighted by molar-refractivity contribution is 7.89. The van der Waals surface area contributed by atoms with Gasteiger partial charge in [0, 0.05) is 0 Å². The summed E-state index contributed by atoms with van der Waals surface area (Å²) in [5, 5.41) is 12.9. The van der Waals surface area contributed by atoms with E-state index in [1.165, 1.54) is 0 Å². The van der Waals surface area contributed by atoms with E-state index in [1.807, 2.05) is 107 Å². The molecular weight excluding hydrogens is 583 g/mol. The Labute approximate surface area is 268 Å². The summed E-state index contributed by atoms with van der Waals surface area (Å²) >= 11 is 0. The summed E-state index contributed by atoms with van der Waals surface area (Å²) in [4.78, 5) is 0.305. The molecule has 0 saturated carbocycles. The number of nitrogens with one attached hydrogen (secondary N) is 1. The van der Waals surface area contributed by atoms with Crippen molar-refractivity contribution in [3.63, 3.8) is 0 Å². The van der Waals surface area contributed by atoms with Gasteiger partial charge in [0.25, 0.3) is 0 Å². The Morgan fingerprint density at radius 2 is 1.14 bits per heavy atom. The van der Waals surface area contributed by atoms with Gasteiger partial charge in [0.2, 0.25) is 10.0 Å². The van der Waals surface area contributed by atoms with Crippen LogP contribution in [0.3, 0.4) is 0 Å². The van der Waals surface area contributed by atoms with Crippen molar-refractivity contribution in [2.75, 3.05) is 0 Å². The number of hydrogen-bond donors (Lipinski definition) is 2. The number of sulfonamides is 1. The van der Waals surface area contributed by atoms with Gasteiger partial charge in [0.15, 0.2) is 8.32 Å². The number of rotatable bonds is 12. The molecule has 3 aromatic rings. The Bertz CT molecular complexity index is 1420. The second-order valence-corrected chi connectivity index (χ2v) is 21.1. The minimum atomic E-state index is -4.16. The summed E-state index contributed by atoms with van der Waals surface area (Å²) in [7, 11) is -6.55. The molecular formula is C37H55NO4SSi. The van der Waals surface area contributed by atoms with Crippen LogP contribution in [0, 0.1) is 0 Å². The molecule has 0 fully saturated rings. The van der Waals surface area contributed by atoms with Crippen molar-refractivity contribution in [1.82, 2.24) is 4.72 Å². The van der Waals surface area contributed by atoms with Gasteiger partial charge in [-0.1, -0.05) is 135 Å². The molecule has 0 aliphatic rings. The molecule has 0 bridgehead atoms. The average Bonchev–Trinajstić information content (AvgIpc) is 2.94. The largest absolute Gasteiger partial charge is 0.412 e. The van der Waals surface area contributed by atoms with Crippen molar-refractivity contribution in [2.24, 2.45) is 0 Å². The molecule has 3 aromatic carbocycles. The predicted molar refractivity (Wildman–Crippen MR) is 186 cm³/mol. The van der Waals surface area contributed by atoms with Crippen LogP contribution in [0.15, 0.2) is 77.7 Å². The summed E-state index contributed by atoms with van der Waals surface area (Å²) < 4.78 is 39.7. The van der Waals surface area contributed by atoms with E-state index in [0.717, 1.165) is 16.7 Å². The Balaban J connectivity index is 2.36. The highest BCUT2D eigenvalue weighted by Gasteiger charge is 2.49. The smallest absolute Gasteiger partial charge is 0.241 e. The summed E-state index contributed by atoms with van der Waals surface area (Å²) in [6, 6.07) is 21.7. The molecule has 7 heteroatoms. The van der Waals surface area contributed by atoms with E-state index in [4.69, 9.17) is 4.43 Å². The molecule has 0 amide bonds. The summed E-state index contributed by atoms with van der Waals surface area (Å²) in [6.07, 6.45) is -0.670. The van der Waals surface area contributed by atoms with Crippen molar-refractivity contribution >= 4 is 18.3 Å². The first-order chi connectivity index (χ1) is 20.2. The molecule has 0 aliphatic carbocycles. The molecule has 2 atom stereocenters. The van der Waals surface area contributed by atoms with E-state index in [2.05, 4.69) is 52.4 Å². The van der Waals surface area contributed by atoms with Crippen molar-refractivity contribution in [2.45, 2.75) is 128 Å². The molecule has 44 heavy (non-hydrogen) atoms. The third kappa shape index (κ3) is 7.56. The number of benzene rings is 3. The monoisotopic (exact) mass is 637 g/mol. The van der Waals surface area contributed by atoms with Crippen LogP contribution in [0.25, 0.3) is 0 Å². The second-order valence-electron chi connectivity index (χ2n) is 14.7. The molecule has 242 valence electrons. The third-order valence-corrected chi connectivity index (χ3v) is 15.4. The average molecular weight is 638 g/mol. The summed E-state index contributed by atoms with van der Waals surface area (Å²) in [6.45, 7) is 25.1. The molecule has 2 unspecified atom stereocenters. The third-order valence-electron chi connectivity index (χ3n) is 9.26. The van der Waals surface area contributed by atoms with Crippen LogP contribution in [0.1, 0.15) is 115 Å². The minimum absolute atomic E-state index is 0.0285. The van der Waals surface area contributed by atoms with Crippen LogP contribution in [-0.2, 0) is 20.1 Å². The zero-order valence-corrected chi connectivity index (χ0v) is 30.7. The zero-order chi connectivity index (χ0) is 33.3. The molecule has 3 rings (SSSR count). The number of aliphatic hydroxyl groups is 1. The first-order valence-corrected chi connectivity index (χ1v) is 20.3. The van der Waals surface area contributed by atoms with Gasteiger partial charge in [0.05, 0.1) is 17.0 Å². The van der Waals surface area contributed by atoms with E-state index in [1.54, 1.807) is 0 Å². The molecule has 5 nitrogen and oxygen atoms in total. The molecule has 0 aliphatic heterocycles. The van der Waals surface area contributed by atoms with Crippen LogP contribution >= 0.6 is 0 Å². The fourth-order valence-electron chi connectivity index (χ4n) is 5.57. The second kappa shape index (κ2) is 13.6. The van der Waals surface area contributed by atoms with E-state index in [-0.39, 0.29) is 22.8 Å². The van der Waals surface area contributed by atoms with E-state index in [9.17, 15) is 13.5 Å². The fourth-order valence-corrected chi connectivity index (χ4v) is 9.01. The van der Waals surface area contributed by atoms with Gasteiger partial charge >= 0.3 is 0 Å². The summed E-state index contributed by atoms with van der Waals surface area (Å²) in [5.41, 5.74) is 2.14. The van der Waals surface area contributed by atoms with Gasteiger partial charge in [-0.3, -0.25) is 0 Å². The number of hydrogen-bond acceptors (Lipinski definition) is 4. The maximum Gasteiger partial charge on any atom is 0.241 e. The standard InChI is InChI=1S/C37H55NO4SSi/c1-25(2)29-23-32(26(3)4)34(33(24-29)27(5)6)43(40,41)38-35(28(7)42-44(11,12)36(8,9)10)37(39,30-19-15-13-16-20-30)31-21-17-14-18-22-31/h13-28,35,38-39H,1-12H3. The zero-order valence-electron chi connectivity index (χ0n) is 28.9. The van der Waals surface area contributed by atoms with Crippen LogP contribution in [0.2, 0.25) is 18.1 Å². The SMILES string of the molecule is CC(C)c1cc(C(C)C)c(S(=O)(=O)NC(C(C)O[Si](C)(C)C(C)(C)C)C(O)(c2ccccc2)c2ccccc2)c(C(C)C)c1. The van der Waals surface area contributed by atoms with Crippen LogP contribution in [0.4, 0.5) is 0 Å². The van der Waals surface area contributed by atoms with Gasteiger partial charge < -0.3 is 9.53 Å². The molecule has 0 spiro atoms. The minimum Gasteiger partial charge on any atom is -0.412 e. The van der Waals surface area contributed by atoms with Gasteiger partial charge in [-0.25, -0.2) is 13.1 Å². The molecule has 0 aromatic heterocycles. The first-order valence-electron chi connectivity index (χ1n) is 15.9. The quantitative estimate of drug-likeness (QED) is 0.194. The van der Waals surface area contributed by atoms with E-state index < -0.39 is 36.1 Å². The van der Waals surface area contributed by atoms with E-state index >= 15 is 0 Å². The lowest BCUT2D eigenvalue weighted by atomic mass is 9.78. The van der Waals surface area contributed by atoms with Gasteiger partial charge in [0.1, 0.15) is 5.60 Å². The van der Waals surface area contributed by atoms with Crippen molar-refractivity contribution in [3.05, 3.63) is 101 Å². The lowest BCUT2D eigenvalue weighted by Gasteiger charge is -2.45. The van der Waals surface area contributed by atoms with Gasteiger partial charge in [-0.05, 0) is 70.6 Å². The van der Waals surface area contributed by atoms with E-state index in [0.29, 0.717) is 16.0 Å². The molecule has 0 radical (unpaired) electrons. The maximum atomic E-state index is 14.9. The van der Waals surface area contributed by atoms with Crippen molar-refractivity contribution < 1.29 is 18.0 Å². The van der Waals surface area contributed by atoms with Crippen LogP contribution in [-0.4, -0.2) is 34.0 Å². The molecule has 2 N–H and O–H groups in total. The Hall–Kier alpha value is -2.29. The maximum absolute atomic E-state index is 14.9. The molecule has 0 heterocycles. The Morgan fingerprint density at radius 3 is 1.48 bits per heavy atom. The van der Waals surface area contributed by atoms with Gasteiger partial charge in [-0.2, -0.15) is 0 Å². The summed E-state index contributed by atoms with van der Waals surface area (Å²) in [5.74, 6) is 0.195. The Kier molecular flexibility index (Phi) is 11.2. The molecule has 0 saturated heterocycles. The van der Waals surface area contributed by atoms with Gasteiger partial charge in [-0.15, -0.1) is 0 Å².